The third kappa shape index (κ3) is 8.10. The number of alkyl halides is 3. The number of halogens is 3. The Hall–Kier alpha value is -3.78. The molecule has 2 aromatic heterocycles. The first-order valence-corrected chi connectivity index (χ1v) is 12.6. The van der Waals surface area contributed by atoms with E-state index in [0.717, 1.165) is 35.8 Å². The predicted molar refractivity (Wildman–Crippen MR) is 143 cm³/mol. The molecule has 2 atom stereocenters. The van der Waals surface area contributed by atoms with Crippen molar-refractivity contribution in [3.05, 3.63) is 114 Å². The summed E-state index contributed by atoms with van der Waals surface area (Å²) in [4.78, 5) is 13.3. The first-order valence-electron chi connectivity index (χ1n) is 12.6. The molecule has 208 valence electrons. The molecule has 0 saturated carbocycles. The summed E-state index contributed by atoms with van der Waals surface area (Å²) in [5, 5.41) is 0. The van der Waals surface area contributed by atoms with Crippen LogP contribution >= 0.6 is 0 Å². The molecule has 5 nitrogen and oxygen atoms in total. The normalized spacial score (nSPS) is 15.3. The van der Waals surface area contributed by atoms with Crippen molar-refractivity contribution in [2.24, 2.45) is 0 Å². The van der Waals surface area contributed by atoms with Crippen LogP contribution in [0.3, 0.4) is 0 Å². The minimum atomic E-state index is -5.05. The van der Waals surface area contributed by atoms with Gasteiger partial charge in [-0.2, -0.15) is 13.2 Å². The van der Waals surface area contributed by atoms with Gasteiger partial charge in [-0.3, -0.25) is 0 Å². The van der Waals surface area contributed by atoms with E-state index in [-0.39, 0.29) is 12.0 Å². The van der Waals surface area contributed by atoms with E-state index in [1.165, 1.54) is 24.3 Å². The lowest BCUT2D eigenvalue weighted by Gasteiger charge is -2.33. The molecule has 0 amide bonds. The SMILES string of the molecule is CO[C@@](C(=O)O[C@@H](/C=C(\C)C/C=C/c1ccoc1)C/C(C)=C/CCc1ccoc1)(c1ccccc1)C(F)(F)F. The Balaban J connectivity index is 1.84. The zero-order chi connectivity index (χ0) is 28.3. The van der Waals surface area contributed by atoms with Gasteiger partial charge in [0.1, 0.15) is 6.10 Å². The minimum Gasteiger partial charge on any atom is -0.472 e. The molecular weight excluding hydrogens is 509 g/mol. The summed E-state index contributed by atoms with van der Waals surface area (Å²) < 4.78 is 63.9. The number of carbonyl (C=O) groups excluding carboxylic acids is 1. The fourth-order valence-corrected chi connectivity index (χ4v) is 4.20. The topological polar surface area (TPSA) is 61.8 Å². The Morgan fingerprint density at radius 1 is 1.00 bits per heavy atom. The Labute approximate surface area is 226 Å². The minimum absolute atomic E-state index is 0.229. The first kappa shape index (κ1) is 29.8. The molecule has 0 aliphatic rings. The number of hydrogen-bond acceptors (Lipinski definition) is 5. The molecular formula is C31H33F3O5. The highest BCUT2D eigenvalue weighted by Crippen LogP contribution is 2.43. The van der Waals surface area contributed by atoms with Crippen molar-refractivity contribution in [3.63, 3.8) is 0 Å². The average Bonchev–Trinajstić information content (AvgIpc) is 3.59. The lowest BCUT2D eigenvalue weighted by molar-refractivity contribution is -0.277. The molecule has 8 heteroatoms. The molecule has 0 spiro atoms. The van der Waals surface area contributed by atoms with Crippen molar-refractivity contribution in [1.29, 1.82) is 0 Å². The van der Waals surface area contributed by atoms with Gasteiger partial charge in [-0.15, -0.1) is 0 Å². The fourth-order valence-electron chi connectivity index (χ4n) is 4.20. The van der Waals surface area contributed by atoms with Crippen LogP contribution in [0, 0.1) is 0 Å². The van der Waals surface area contributed by atoms with Crippen molar-refractivity contribution in [3.8, 4) is 0 Å². The van der Waals surface area contributed by atoms with Crippen LogP contribution in [0.4, 0.5) is 13.2 Å². The van der Waals surface area contributed by atoms with Gasteiger partial charge >= 0.3 is 12.1 Å². The van der Waals surface area contributed by atoms with Crippen molar-refractivity contribution in [1.82, 2.24) is 0 Å². The van der Waals surface area contributed by atoms with E-state index in [2.05, 4.69) is 0 Å². The average molecular weight is 543 g/mol. The lowest BCUT2D eigenvalue weighted by Crippen LogP contribution is -2.52. The summed E-state index contributed by atoms with van der Waals surface area (Å²) in [5.74, 6) is -1.52. The third-order valence-corrected chi connectivity index (χ3v) is 6.22. The smallest absolute Gasteiger partial charge is 0.432 e. The summed E-state index contributed by atoms with van der Waals surface area (Å²) >= 11 is 0. The van der Waals surface area contributed by atoms with Crippen molar-refractivity contribution < 1.29 is 36.3 Å². The Kier molecular flexibility index (Phi) is 10.6. The summed E-state index contributed by atoms with van der Waals surface area (Å²) in [7, 11) is 0.861. The molecule has 0 unspecified atom stereocenters. The molecule has 3 rings (SSSR count). The van der Waals surface area contributed by atoms with E-state index < -0.39 is 23.9 Å². The molecule has 0 bridgehead atoms. The van der Waals surface area contributed by atoms with Crippen LogP contribution in [0.2, 0.25) is 0 Å². The number of methoxy groups -OCH3 is 1. The number of benzene rings is 1. The van der Waals surface area contributed by atoms with Gasteiger partial charge in [0.15, 0.2) is 0 Å². The van der Waals surface area contributed by atoms with Crippen LogP contribution in [-0.2, 0) is 26.3 Å². The number of carbonyl (C=O) groups is 1. The van der Waals surface area contributed by atoms with Gasteiger partial charge in [0.25, 0.3) is 5.60 Å². The van der Waals surface area contributed by atoms with E-state index in [9.17, 15) is 18.0 Å². The van der Waals surface area contributed by atoms with Gasteiger partial charge in [0, 0.05) is 24.7 Å². The quantitative estimate of drug-likeness (QED) is 0.161. The Bertz CT molecular complexity index is 1240. The van der Waals surface area contributed by atoms with E-state index in [0.29, 0.717) is 12.8 Å². The lowest BCUT2D eigenvalue weighted by atomic mass is 9.92. The molecule has 2 heterocycles. The standard InChI is InChI=1S/C31H33F3O5/c1-23(9-7-11-25-15-17-37-21-25)19-28(20-24(2)10-8-12-26-16-18-38-22-26)39-29(35)30(36-3,31(32,33)34)27-13-5-4-6-14-27/h4-7,10-11,13-19,21-22,28H,8-9,12,20H2,1-3H3/b11-7+,23-19+,24-10+/t28-,30+/m0/s1. The first-order chi connectivity index (χ1) is 18.7. The molecule has 0 saturated heterocycles. The second-order valence-electron chi connectivity index (χ2n) is 9.29. The molecule has 3 aromatic rings. The van der Waals surface area contributed by atoms with Gasteiger partial charge in [0.2, 0.25) is 0 Å². The van der Waals surface area contributed by atoms with E-state index in [1.54, 1.807) is 37.2 Å². The predicted octanol–water partition coefficient (Wildman–Crippen LogP) is 8.21. The van der Waals surface area contributed by atoms with Gasteiger partial charge in [-0.25, -0.2) is 4.79 Å². The number of rotatable bonds is 13. The summed E-state index contributed by atoms with van der Waals surface area (Å²) in [5.41, 5.74) is 0.0338. The molecule has 0 radical (unpaired) electrons. The third-order valence-electron chi connectivity index (χ3n) is 6.22. The van der Waals surface area contributed by atoms with Gasteiger partial charge in [0.05, 0.1) is 25.1 Å². The van der Waals surface area contributed by atoms with Crippen LogP contribution in [0.5, 0.6) is 0 Å². The number of allylic oxidation sites excluding steroid dienone is 3. The number of ether oxygens (including phenoxy) is 2. The summed E-state index contributed by atoms with van der Waals surface area (Å²) in [6.45, 7) is 3.70. The number of furan rings is 2. The summed E-state index contributed by atoms with van der Waals surface area (Å²) in [6.07, 6.45) is 10.1. The maximum absolute atomic E-state index is 14.4. The molecule has 1 aromatic carbocycles. The molecule has 39 heavy (non-hydrogen) atoms. The van der Waals surface area contributed by atoms with E-state index in [4.69, 9.17) is 18.3 Å². The number of hydrogen-bond donors (Lipinski definition) is 0. The molecule has 0 aliphatic heterocycles. The van der Waals surface area contributed by atoms with Crippen LogP contribution in [0.25, 0.3) is 6.08 Å². The van der Waals surface area contributed by atoms with Crippen molar-refractivity contribution in [2.45, 2.75) is 57.4 Å². The Morgan fingerprint density at radius 2 is 1.72 bits per heavy atom. The fraction of sp³-hybridized carbons (Fsp3) is 0.323. The maximum Gasteiger partial charge on any atom is 0.432 e. The molecule has 0 fully saturated rings. The second-order valence-corrected chi connectivity index (χ2v) is 9.29. The van der Waals surface area contributed by atoms with E-state index in [1.807, 2.05) is 44.2 Å². The number of aryl methyl sites for hydroxylation is 1. The Morgan fingerprint density at radius 3 is 2.33 bits per heavy atom. The number of esters is 1. The van der Waals surface area contributed by atoms with E-state index >= 15 is 0 Å². The zero-order valence-electron chi connectivity index (χ0n) is 22.2. The molecule has 0 N–H and O–H groups in total. The van der Waals surface area contributed by atoms with Crippen LogP contribution in [0.1, 0.15) is 49.8 Å². The summed E-state index contributed by atoms with van der Waals surface area (Å²) in [6, 6.07) is 10.5. The monoisotopic (exact) mass is 542 g/mol. The van der Waals surface area contributed by atoms with Crippen LogP contribution in [0.15, 0.2) is 106 Å². The van der Waals surface area contributed by atoms with Gasteiger partial charge in [-0.05, 0) is 56.9 Å². The highest BCUT2D eigenvalue weighted by molar-refractivity contribution is 5.83. The highest BCUT2D eigenvalue weighted by atomic mass is 19.4. The largest absolute Gasteiger partial charge is 0.472 e. The van der Waals surface area contributed by atoms with Gasteiger partial charge in [-0.1, -0.05) is 59.7 Å². The van der Waals surface area contributed by atoms with Gasteiger partial charge < -0.3 is 18.3 Å². The van der Waals surface area contributed by atoms with Crippen molar-refractivity contribution in [2.75, 3.05) is 7.11 Å². The van der Waals surface area contributed by atoms with Crippen molar-refractivity contribution >= 4 is 12.0 Å². The second kappa shape index (κ2) is 13.8. The van der Waals surface area contributed by atoms with Crippen LogP contribution in [-0.4, -0.2) is 25.4 Å². The van der Waals surface area contributed by atoms with Crippen LogP contribution < -0.4 is 0 Å². The highest BCUT2D eigenvalue weighted by Gasteiger charge is 2.64. The zero-order valence-corrected chi connectivity index (χ0v) is 22.2. The molecule has 0 aliphatic carbocycles. The maximum atomic E-state index is 14.4.